The van der Waals surface area contributed by atoms with Crippen LogP contribution in [0.4, 0.5) is 5.82 Å². The number of nitrogen functional groups attached to an aromatic ring is 1. The SMILES string of the molecule is COC1CCCC(Oc2nc(NN)cn3ccnc23)C1. The fourth-order valence-electron chi connectivity index (χ4n) is 2.63. The van der Waals surface area contributed by atoms with Crippen molar-refractivity contribution in [2.75, 3.05) is 12.5 Å². The lowest BCUT2D eigenvalue weighted by Gasteiger charge is -2.28. The van der Waals surface area contributed by atoms with Gasteiger partial charge in [-0.25, -0.2) is 10.8 Å². The summed E-state index contributed by atoms with van der Waals surface area (Å²) < 4.78 is 13.3. The molecule has 0 spiro atoms. The zero-order chi connectivity index (χ0) is 13.9. The van der Waals surface area contributed by atoms with Crippen molar-refractivity contribution in [2.24, 2.45) is 5.84 Å². The predicted molar refractivity (Wildman–Crippen MR) is 74.5 cm³/mol. The van der Waals surface area contributed by atoms with Gasteiger partial charge in [0.25, 0.3) is 5.88 Å². The van der Waals surface area contributed by atoms with Gasteiger partial charge in [-0.05, 0) is 19.3 Å². The number of hydrogen-bond donors (Lipinski definition) is 2. The molecule has 2 unspecified atom stereocenters. The highest BCUT2D eigenvalue weighted by atomic mass is 16.5. The van der Waals surface area contributed by atoms with Crippen molar-refractivity contribution in [1.29, 1.82) is 0 Å². The van der Waals surface area contributed by atoms with Crippen LogP contribution in [0.1, 0.15) is 25.7 Å². The van der Waals surface area contributed by atoms with Crippen LogP contribution in [0.2, 0.25) is 0 Å². The molecule has 1 fully saturated rings. The molecule has 3 N–H and O–H groups in total. The summed E-state index contributed by atoms with van der Waals surface area (Å²) in [6.07, 6.45) is 9.77. The summed E-state index contributed by atoms with van der Waals surface area (Å²) in [4.78, 5) is 8.63. The molecule has 0 amide bonds. The van der Waals surface area contributed by atoms with Crippen LogP contribution in [0.15, 0.2) is 18.6 Å². The number of aromatic nitrogens is 3. The minimum Gasteiger partial charge on any atom is -0.472 e. The Labute approximate surface area is 117 Å². The molecule has 0 aromatic carbocycles. The van der Waals surface area contributed by atoms with Gasteiger partial charge in [0.05, 0.1) is 12.3 Å². The van der Waals surface area contributed by atoms with Crippen LogP contribution in [0.3, 0.4) is 0 Å². The van der Waals surface area contributed by atoms with Crippen LogP contribution in [-0.4, -0.2) is 33.7 Å². The number of anilines is 1. The van der Waals surface area contributed by atoms with E-state index in [4.69, 9.17) is 15.3 Å². The Morgan fingerprint density at radius 3 is 3.05 bits per heavy atom. The number of hydrazine groups is 1. The van der Waals surface area contributed by atoms with Crippen LogP contribution in [0, 0.1) is 0 Å². The molecule has 7 nitrogen and oxygen atoms in total. The van der Waals surface area contributed by atoms with Crippen LogP contribution in [-0.2, 0) is 4.74 Å². The highest BCUT2D eigenvalue weighted by molar-refractivity contribution is 5.53. The smallest absolute Gasteiger partial charge is 0.260 e. The molecule has 2 atom stereocenters. The van der Waals surface area contributed by atoms with E-state index in [0.717, 1.165) is 25.7 Å². The highest BCUT2D eigenvalue weighted by Crippen LogP contribution is 2.26. The number of imidazole rings is 1. The molecule has 108 valence electrons. The lowest BCUT2D eigenvalue weighted by Crippen LogP contribution is -2.30. The number of ether oxygens (including phenoxy) is 2. The van der Waals surface area contributed by atoms with Gasteiger partial charge in [-0.2, -0.15) is 4.98 Å². The molecule has 0 saturated heterocycles. The van der Waals surface area contributed by atoms with Gasteiger partial charge in [0, 0.05) is 25.9 Å². The van der Waals surface area contributed by atoms with Crippen molar-refractivity contribution in [3.05, 3.63) is 18.6 Å². The van der Waals surface area contributed by atoms with E-state index in [9.17, 15) is 0 Å². The van der Waals surface area contributed by atoms with Gasteiger partial charge in [0.2, 0.25) is 5.65 Å². The second kappa shape index (κ2) is 5.64. The number of nitrogens with zero attached hydrogens (tertiary/aromatic N) is 3. The van der Waals surface area contributed by atoms with Gasteiger partial charge >= 0.3 is 0 Å². The fraction of sp³-hybridized carbons (Fsp3) is 0.538. The number of methoxy groups -OCH3 is 1. The van der Waals surface area contributed by atoms with Crippen LogP contribution >= 0.6 is 0 Å². The molecule has 0 aliphatic heterocycles. The Morgan fingerprint density at radius 2 is 2.25 bits per heavy atom. The third-order valence-corrected chi connectivity index (χ3v) is 3.68. The molecule has 0 bridgehead atoms. The quantitative estimate of drug-likeness (QED) is 0.648. The zero-order valence-electron chi connectivity index (χ0n) is 11.5. The average molecular weight is 277 g/mol. The second-order valence-electron chi connectivity index (χ2n) is 5.00. The molecule has 2 heterocycles. The molecular weight excluding hydrogens is 258 g/mol. The van der Waals surface area contributed by atoms with Crippen molar-refractivity contribution >= 4 is 11.5 Å². The summed E-state index contributed by atoms with van der Waals surface area (Å²) in [6, 6.07) is 0. The van der Waals surface area contributed by atoms with E-state index in [2.05, 4.69) is 15.4 Å². The van der Waals surface area contributed by atoms with E-state index < -0.39 is 0 Å². The van der Waals surface area contributed by atoms with E-state index in [1.807, 2.05) is 10.6 Å². The van der Waals surface area contributed by atoms with Gasteiger partial charge in [-0.3, -0.25) is 4.40 Å². The molecular formula is C13H19N5O2. The Morgan fingerprint density at radius 1 is 1.40 bits per heavy atom. The summed E-state index contributed by atoms with van der Waals surface area (Å²) >= 11 is 0. The van der Waals surface area contributed by atoms with Crippen LogP contribution in [0.25, 0.3) is 5.65 Å². The monoisotopic (exact) mass is 277 g/mol. The van der Waals surface area contributed by atoms with E-state index >= 15 is 0 Å². The number of hydrogen-bond acceptors (Lipinski definition) is 6. The molecule has 3 rings (SSSR count). The fourth-order valence-corrected chi connectivity index (χ4v) is 2.63. The largest absolute Gasteiger partial charge is 0.472 e. The molecule has 20 heavy (non-hydrogen) atoms. The summed E-state index contributed by atoms with van der Waals surface area (Å²) in [5, 5.41) is 0. The Kier molecular flexibility index (Phi) is 3.70. The first-order valence-corrected chi connectivity index (χ1v) is 6.80. The van der Waals surface area contributed by atoms with Crippen molar-refractivity contribution < 1.29 is 9.47 Å². The van der Waals surface area contributed by atoms with Crippen LogP contribution in [0.5, 0.6) is 5.88 Å². The molecule has 1 aliphatic rings. The van der Waals surface area contributed by atoms with Crippen molar-refractivity contribution in [1.82, 2.24) is 14.4 Å². The van der Waals surface area contributed by atoms with Crippen molar-refractivity contribution in [2.45, 2.75) is 37.9 Å². The maximum atomic E-state index is 6.03. The summed E-state index contributed by atoms with van der Waals surface area (Å²) in [5.41, 5.74) is 3.24. The molecule has 7 heteroatoms. The number of nitrogens with two attached hydrogens (primary N) is 1. The molecule has 0 radical (unpaired) electrons. The van der Waals surface area contributed by atoms with E-state index in [1.54, 1.807) is 19.5 Å². The number of fused-ring (bicyclic) bond motifs is 1. The summed E-state index contributed by atoms with van der Waals surface area (Å²) in [7, 11) is 1.75. The summed E-state index contributed by atoms with van der Waals surface area (Å²) in [5.74, 6) is 6.49. The van der Waals surface area contributed by atoms with Crippen molar-refractivity contribution in [3.8, 4) is 5.88 Å². The van der Waals surface area contributed by atoms with Gasteiger partial charge in [0.15, 0.2) is 5.82 Å². The molecule has 2 aromatic rings. The van der Waals surface area contributed by atoms with E-state index in [1.165, 1.54) is 0 Å². The predicted octanol–water partition coefficient (Wildman–Crippen LogP) is 1.35. The number of rotatable bonds is 4. The van der Waals surface area contributed by atoms with Crippen LogP contribution < -0.4 is 16.0 Å². The Bertz CT molecular complexity index is 585. The first-order valence-electron chi connectivity index (χ1n) is 6.80. The molecule has 2 aromatic heterocycles. The maximum Gasteiger partial charge on any atom is 0.260 e. The Hall–Kier alpha value is -1.86. The third kappa shape index (κ3) is 2.54. The first kappa shape index (κ1) is 13.1. The van der Waals surface area contributed by atoms with Gasteiger partial charge in [-0.15, -0.1) is 0 Å². The third-order valence-electron chi connectivity index (χ3n) is 3.68. The van der Waals surface area contributed by atoms with E-state index in [-0.39, 0.29) is 12.2 Å². The van der Waals surface area contributed by atoms with Gasteiger partial charge < -0.3 is 14.9 Å². The normalized spacial score (nSPS) is 22.9. The second-order valence-corrected chi connectivity index (χ2v) is 5.00. The van der Waals surface area contributed by atoms with Gasteiger partial charge in [-0.1, -0.05) is 0 Å². The highest BCUT2D eigenvalue weighted by Gasteiger charge is 2.24. The summed E-state index contributed by atoms with van der Waals surface area (Å²) in [6.45, 7) is 0. The van der Waals surface area contributed by atoms with Crippen molar-refractivity contribution in [3.63, 3.8) is 0 Å². The Balaban J connectivity index is 1.84. The topological polar surface area (TPSA) is 86.7 Å². The average Bonchev–Trinajstić information content (AvgIpc) is 2.96. The number of nitrogens with one attached hydrogen (secondary N) is 1. The first-order chi connectivity index (χ1) is 9.80. The maximum absolute atomic E-state index is 6.03. The molecule has 1 aliphatic carbocycles. The minimum atomic E-state index is 0.106. The van der Waals surface area contributed by atoms with Gasteiger partial charge in [0.1, 0.15) is 6.10 Å². The standard InChI is InChI=1S/C13H19N5O2/c1-19-9-3-2-4-10(7-9)20-13-12-15-5-6-18(12)8-11(16-13)17-14/h5-6,8-10,17H,2-4,7,14H2,1H3. The minimum absolute atomic E-state index is 0.106. The zero-order valence-corrected chi connectivity index (χ0v) is 11.5. The molecule has 1 saturated carbocycles. The lowest BCUT2D eigenvalue weighted by molar-refractivity contribution is 0.0199. The van der Waals surface area contributed by atoms with E-state index in [0.29, 0.717) is 17.3 Å². The lowest BCUT2D eigenvalue weighted by atomic mass is 9.95.